The summed E-state index contributed by atoms with van der Waals surface area (Å²) < 4.78 is 16.4. The van der Waals surface area contributed by atoms with Gasteiger partial charge in [0, 0.05) is 19.3 Å². The molecule has 0 aliphatic carbocycles. The lowest BCUT2D eigenvalue weighted by atomic mass is 10.1. The summed E-state index contributed by atoms with van der Waals surface area (Å²) in [5.41, 5.74) is 0. The number of carbonyl (C=O) groups excluding carboxylic acids is 3. The Morgan fingerprint density at radius 3 is 1.41 bits per heavy atom. The fourth-order valence-electron chi connectivity index (χ4n) is 4.50. The minimum absolute atomic E-state index is 0.139. The van der Waals surface area contributed by atoms with Crippen molar-refractivity contribution in [1.82, 2.24) is 0 Å². The van der Waals surface area contributed by atoms with E-state index in [4.69, 9.17) is 14.2 Å². The van der Waals surface area contributed by atoms with E-state index in [9.17, 15) is 14.4 Å². The molecule has 6 heteroatoms. The molecule has 0 amide bonds. The van der Waals surface area contributed by atoms with Crippen LogP contribution in [0.3, 0.4) is 0 Å². The van der Waals surface area contributed by atoms with Crippen molar-refractivity contribution >= 4 is 17.9 Å². The van der Waals surface area contributed by atoms with Crippen LogP contribution in [0.25, 0.3) is 0 Å². The molecular weight excluding hydrogens is 636 g/mol. The predicted molar refractivity (Wildman–Crippen MR) is 214 cm³/mol. The Morgan fingerprint density at radius 2 is 0.863 bits per heavy atom. The van der Waals surface area contributed by atoms with E-state index in [1.54, 1.807) is 0 Å². The average molecular weight is 705 g/mol. The number of rotatable bonds is 32. The van der Waals surface area contributed by atoms with Gasteiger partial charge in [-0.05, 0) is 77.0 Å². The molecule has 0 fully saturated rings. The molecule has 6 nitrogen and oxygen atoms in total. The second kappa shape index (κ2) is 38.9. The Kier molecular flexibility index (Phi) is 35.9. The number of allylic oxidation sites excluding steroid dienone is 18. The van der Waals surface area contributed by atoms with E-state index in [-0.39, 0.29) is 44.4 Å². The van der Waals surface area contributed by atoms with Gasteiger partial charge in [-0.25, -0.2) is 0 Å². The zero-order valence-electron chi connectivity index (χ0n) is 32.1. The van der Waals surface area contributed by atoms with Gasteiger partial charge in [-0.15, -0.1) is 0 Å². The standard InChI is InChI=1S/C45H68O6/c1-4-7-10-13-16-19-21-22-24-26-29-32-35-38-44(47)50-41-42(40-49-43(46)37-34-31-28-25-18-15-12-9-6-3)51-45(48)39-36-33-30-27-23-20-17-14-11-8-5-2/h7-8,10-11,13,16-17,19-22,24-30,42H,4-6,9,12,14-15,18,23,31-41H2,1-3H3/b10-7-,11-8-,16-13-,20-17-,21-19-,24-22-,28-25-,29-26-,30-27-. The summed E-state index contributed by atoms with van der Waals surface area (Å²) >= 11 is 0. The molecule has 0 rings (SSSR count). The maximum absolute atomic E-state index is 12.6. The van der Waals surface area contributed by atoms with Gasteiger partial charge < -0.3 is 14.2 Å². The van der Waals surface area contributed by atoms with Crippen LogP contribution in [0, 0.1) is 0 Å². The van der Waals surface area contributed by atoms with Crippen molar-refractivity contribution in [2.75, 3.05) is 13.2 Å². The van der Waals surface area contributed by atoms with E-state index in [0.29, 0.717) is 19.3 Å². The van der Waals surface area contributed by atoms with Gasteiger partial charge in [-0.1, -0.05) is 149 Å². The SMILES string of the molecule is CC\C=C/C=C\C=C/C=C\C=C/CCCC(=O)OCC(COC(=O)CCC/C=C\CCCCCC)OC(=O)CCC/C=C\C/C=C\C/C=C\CC. The van der Waals surface area contributed by atoms with Crippen molar-refractivity contribution in [3.8, 4) is 0 Å². The molecule has 0 aromatic carbocycles. The first kappa shape index (κ1) is 47.1. The highest BCUT2D eigenvalue weighted by atomic mass is 16.6. The molecule has 0 saturated heterocycles. The molecule has 0 spiro atoms. The summed E-state index contributed by atoms with van der Waals surface area (Å²) in [5, 5.41) is 0. The third-order valence-electron chi connectivity index (χ3n) is 7.37. The summed E-state index contributed by atoms with van der Waals surface area (Å²) in [6.07, 6.45) is 51.0. The lowest BCUT2D eigenvalue weighted by molar-refractivity contribution is -0.166. The van der Waals surface area contributed by atoms with E-state index in [2.05, 4.69) is 75.5 Å². The second-order valence-corrected chi connectivity index (χ2v) is 12.2. The number of carbonyl (C=O) groups is 3. The van der Waals surface area contributed by atoms with Gasteiger partial charge in [0.25, 0.3) is 0 Å². The molecule has 1 atom stereocenters. The first-order valence-corrected chi connectivity index (χ1v) is 19.5. The lowest BCUT2D eigenvalue weighted by Gasteiger charge is -2.18. The number of hydrogen-bond donors (Lipinski definition) is 0. The molecule has 0 N–H and O–H groups in total. The van der Waals surface area contributed by atoms with Gasteiger partial charge in [0.05, 0.1) is 0 Å². The van der Waals surface area contributed by atoms with Gasteiger partial charge >= 0.3 is 17.9 Å². The van der Waals surface area contributed by atoms with Crippen molar-refractivity contribution < 1.29 is 28.6 Å². The predicted octanol–water partition coefficient (Wildman–Crippen LogP) is 12.1. The van der Waals surface area contributed by atoms with E-state index < -0.39 is 12.1 Å². The molecule has 0 aromatic heterocycles. The lowest BCUT2D eigenvalue weighted by Crippen LogP contribution is -2.30. The van der Waals surface area contributed by atoms with E-state index in [1.165, 1.54) is 25.7 Å². The van der Waals surface area contributed by atoms with Gasteiger partial charge in [-0.3, -0.25) is 14.4 Å². The zero-order valence-corrected chi connectivity index (χ0v) is 32.1. The Labute approximate surface area is 310 Å². The molecule has 284 valence electrons. The van der Waals surface area contributed by atoms with Gasteiger partial charge in [0.15, 0.2) is 6.10 Å². The van der Waals surface area contributed by atoms with E-state index in [1.807, 2.05) is 54.7 Å². The minimum atomic E-state index is -0.841. The smallest absolute Gasteiger partial charge is 0.306 e. The van der Waals surface area contributed by atoms with Crippen LogP contribution in [-0.4, -0.2) is 37.2 Å². The second-order valence-electron chi connectivity index (χ2n) is 12.2. The van der Waals surface area contributed by atoms with Gasteiger partial charge in [0.2, 0.25) is 0 Å². The fraction of sp³-hybridized carbons (Fsp3) is 0.533. The summed E-state index contributed by atoms with van der Waals surface area (Å²) in [4.78, 5) is 37.4. The molecule has 51 heavy (non-hydrogen) atoms. The van der Waals surface area contributed by atoms with Crippen molar-refractivity contribution in [2.24, 2.45) is 0 Å². The van der Waals surface area contributed by atoms with Crippen LogP contribution in [-0.2, 0) is 28.6 Å². The first-order valence-electron chi connectivity index (χ1n) is 19.5. The molecule has 0 aliphatic heterocycles. The maximum Gasteiger partial charge on any atom is 0.306 e. The van der Waals surface area contributed by atoms with Crippen molar-refractivity contribution in [1.29, 1.82) is 0 Å². The van der Waals surface area contributed by atoms with Gasteiger partial charge in [-0.2, -0.15) is 0 Å². The van der Waals surface area contributed by atoms with Crippen LogP contribution in [0.2, 0.25) is 0 Å². The minimum Gasteiger partial charge on any atom is -0.462 e. The fourth-order valence-corrected chi connectivity index (χ4v) is 4.50. The van der Waals surface area contributed by atoms with Crippen LogP contribution in [0.1, 0.15) is 136 Å². The number of esters is 3. The van der Waals surface area contributed by atoms with Crippen LogP contribution in [0.4, 0.5) is 0 Å². The Morgan fingerprint density at radius 1 is 0.431 bits per heavy atom. The van der Waals surface area contributed by atoms with E-state index >= 15 is 0 Å². The molecule has 0 radical (unpaired) electrons. The Bertz CT molecular complexity index is 1130. The highest BCUT2D eigenvalue weighted by molar-refractivity contribution is 5.71. The normalized spacial score (nSPS) is 13.2. The molecular formula is C45H68O6. The van der Waals surface area contributed by atoms with Crippen LogP contribution in [0.15, 0.2) is 109 Å². The summed E-state index contributed by atoms with van der Waals surface area (Å²) in [5.74, 6) is -1.12. The Balaban J connectivity index is 4.65. The highest BCUT2D eigenvalue weighted by Crippen LogP contribution is 2.08. The average Bonchev–Trinajstić information content (AvgIpc) is 3.12. The molecule has 0 saturated carbocycles. The van der Waals surface area contributed by atoms with Gasteiger partial charge in [0.1, 0.15) is 13.2 Å². The zero-order chi connectivity index (χ0) is 37.3. The quantitative estimate of drug-likeness (QED) is 0.0228. The summed E-state index contributed by atoms with van der Waals surface area (Å²) in [6.45, 7) is 6.14. The largest absolute Gasteiger partial charge is 0.462 e. The number of hydrogen-bond acceptors (Lipinski definition) is 6. The molecule has 0 aliphatic rings. The van der Waals surface area contributed by atoms with E-state index in [0.717, 1.165) is 51.4 Å². The van der Waals surface area contributed by atoms with Crippen LogP contribution < -0.4 is 0 Å². The summed E-state index contributed by atoms with van der Waals surface area (Å²) in [6, 6.07) is 0. The van der Waals surface area contributed by atoms with Crippen molar-refractivity contribution in [2.45, 2.75) is 142 Å². The number of ether oxygens (including phenoxy) is 3. The third kappa shape index (κ3) is 37.2. The third-order valence-corrected chi connectivity index (χ3v) is 7.37. The monoisotopic (exact) mass is 705 g/mol. The van der Waals surface area contributed by atoms with Crippen molar-refractivity contribution in [3.63, 3.8) is 0 Å². The summed E-state index contributed by atoms with van der Waals surface area (Å²) in [7, 11) is 0. The molecule has 1 unspecified atom stereocenters. The first-order chi connectivity index (χ1) is 25.0. The maximum atomic E-state index is 12.6. The highest BCUT2D eigenvalue weighted by Gasteiger charge is 2.19. The topological polar surface area (TPSA) is 78.9 Å². The molecule has 0 aromatic rings. The Hall–Kier alpha value is -3.93. The number of unbranched alkanes of at least 4 members (excludes halogenated alkanes) is 7. The van der Waals surface area contributed by atoms with Crippen LogP contribution >= 0.6 is 0 Å². The molecule has 0 heterocycles. The van der Waals surface area contributed by atoms with Crippen molar-refractivity contribution in [3.05, 3.63) is 109 Å². The molecule has 0 bridgehead atoms. The van der Waals surface area contributed by atoms with Crippen LogP contribution in [0.5, 0.6) is 0 Å².